The minimum absolute atomic E-state index is 0.187. The molecule has 1 aromatic heterocycles. The van der Waals surface area contributed by atoms with Gasteiger partial charge in [-0.25, -0.2) is 13.5 Å². The molecule has 18 heavy (non-hydrogen) atoms. The predicted octanol–water partition coefficient (Wildman–Crippen LogP) is 2.74. The van der Waals surface area contributed by atoms with E-state index in [9.17, 15) is 13.6 Å². The topological polar surface area (TPSA) is 44.1 Å². The molecule has 0 fully saturated rings. The summed E-state index contributed by atoms with van der Waals surface area (Å²) in [6, 6.07) is 6.58. The standard InChI is InChI=1S/C12H10F2N2O2/c1-8(17)18-11-5-3-2-4-10(11)16-7-9(6-15-16)12(13)14/h2-7,12H,1H3. The first-order valence-corrected chi connectivity index (χ1v) is 5.18. The zero-order chi connectivity index (χ0) is 13.1. The van der Waals surface area contributed by atoms with Crippen molar-refractivity contribution >= 4 is 5.97 Å². The number of para-hydroxylation sites is 2. The average Bonchev–Trinajstić information content (AvgIpc) is 2.78. The first kappa shape index (κ1) is 12.2. The van der Waals surface area contributed by atoms with Crippen LogP contribution in [-0.4, -0.2) is 15.7 Å². The fourth-order valence-electron chi connectivity index (χ4n) is 1.47. The molecule has 4 nitrogen and oxygen atoms in total. The van der Waals surface area contributed by atoms with Crippen LogP contribution in [0.1, 0.15) is 18.9 Å². The predicted molar refractivity (Wildman–Crippen MR) is 59.8 cm³/mol. The van der Waals surface area contributed by atoms with Gasteiger partial charge in [0.2, 0.25) is 0 Å². The second-order valence-electron chi connectivity index (χ2n) is 3.58. The number of hydrogen-bond donors (Lipinski definition) is 0. The van der Waals surface area contributed by atoms with Crippen LogP contribution in [-0.2, 0) is 4.79 Å². The zero-order valence-electron chi connectivity index (χ0n) is 9.51. The van der Waals surface area contributed by atoms with E-state index >= 15 is 0 Å². The van der Waals surface area contributed by atoms with Crippen LogP contribution >= 0.6 is 0 Å². The number of carbonyl (C=O) groups excluding carboxylic acids is 1. The SMILES string of the molecule is CC(=O)Oc1ccccc1-n1cc(C(F)F)cn1. The molecule has 0 saturated carbocycles. The van der Waals surface area contributed by atoms with Crippen LogP contribution < -0.4 is 4.74 Å². The van der Waals surface area contributed by atoms with Gasteiger partial charge in [-0.1, -0.05) is 12.1 Å². The van der Waals surface area contributed by atoms with Gasteiger partial charge in [0.25, 0.3) is 6.43 Å². The number of halogens is 2. The van der Waals surface area contributed by atoms with Gasteiger partial charge in [-0.3, -0.25) is 4.79 Å². The van der Waals surface area contributed by atoms with Gasteiger partial charge in [0.15, 0.2) is 5.75 Å². The van der Waals surface area contributed by atoms with Gasteiger partial charge in [-0.15, -0.1) is 0 Å². The van der Waals surface area contributed by atoms with Crippen LogP contribution in [0.25, 0.3) is 5.69 Å². The van der Waals surface area contributed by atoms with Crippen LogP contribution in [0.5, 0.6) is 5.75 Å². The molecule has 0 saturated heterocycles. The number of rotatable bonds is 3. The molecule has 0 aliphatic rings. The number of esters is 1. The molecule has 0 aliphatic carbocycles. The highest BCUT2D eigenvalue weighted by Crippen LogP contribution is 2.24. The first-order chi connectivity index (χ1) is 8.58. The van der Waals surface area contributed by atoms with Crippen molar-refractivity contribution in [1.29, 1.82) is 0 Å². The Morgan fingerprint density at radius 2 is 2.11 bits per heavy atom. The number of hydrogen-bond acceptors (Lipinski definition) is 3. The van der Waals surface area contributed by atoms with Crippen LogP contribution in [0, 0.1) is 0 Å². The van der Waals surface area contributed by atoms with Crippen molar-refractivity contribution in [2.75, 3.05) is 0 Å². The van der Waals surface area contributed by atoms with Gasteiger partial charge < -0.3 is 4.74 Å². The van der Waals surface area contributed by atoms with Gasteiger partial charge in [0.1, 0.15) is 5.69 Å². The van der Waals surface area contributed by atoms with Crippen LogP contribution in [0.2, 0.25) is 0 Å². The number of aromatic nitrogens is 2. The van der Waals surface area contributed by atoms with E-state index in [1.54, 1.807) is 24.3 Å². The Morgan fingerprint density at radius 1 is 1.39 bits per heavy atom. The Labute approximate surface area is 102 Å². The third-order valence-corrected chi connectivity index (χ3v) is 2.22. The van der Waals surface area contributed by atoms with Crippen molar-refractivity contribution in [3.63, 3.8) is 0 Å². The fourth-order valence-corrected chi connectivity index (χ4v) is 1.47. The Hall–Kier alpha value is -2.24. The normalized spacial score (nSPS) is 10.7. The molecule has 0 unspecified atom stereocenters. The number of alkyl halides is 2. The van der Waals surface area contributed by atoms with Crippen molar-refractivity contribution in [2.24, 2.45) is 0 Å². The lowest BCUT2D eigenvalue weighted by Gasteiger charge is -2.08. The first-order valence-electron chi connectivity index (χ1n) is 5.18. The van der Waals surface area contributed by atoms with Gasteiger partial charge in [0, 0.05) is 13.1 Å². The molecular weight excluding hydrogens is 242 g/mol. The van der Waals surface area contributed by atoms with E-state index in [-0.39, 0.29) is 11.3 Å². The molecule has 0 spiro atoms. The number of nitrogens with zero attached hydrogens (tertiary/aromatic N) is 2. The molecule has 2 rings (SSSR count). The Kier molecular flexibility index (Phi) is 3.36. The quantitative estimate of drug-likeness (QED) is 0.623. The number of carbonyl (C=O) groups is 1. The minimum atomic E-state index is -2.58. The third-order valence-electron chi connectivity index (χ3n) is 2.22. The molecule has 0 atom stereocenters. The Morgan fingerprint density at radius 3 is 2.72 bits per heavy atom. The Bertz CT molecular complexity index is 567. The lowest BCUT2D eigenvalue weighted by atomic mass is 10.3. The molecule has 1 aromatic carbocycles. The van der Waals surface area contributed by atoms with E-state index < -0.39 is 12.4 Å². The largest absolute Gasteiger partial charge is 0.424 e. The minimum Gasteiger partial charge on any atom is -0.424 e. The zero-order valence-corrected chi connectivity index (χ0v) is 9.51. The summed E-state index contributed by atoms with van der Waals surface area (Å²) in [5.41, 5.74) is 0.243. The van der Waals surface area contributed by atoms with Crippen LogP contribution in [0.3, 0.4) is 0 Å². The molecule has 1 heterocycles. The smallest absolute Gasteiger partial charge is 0.308 e. The lowest BCUT2D eigenvalue weighted by molar-refractivity contribution is -0.131. The summed E-state index contributed by atoms with van der Waals surface area (Å²) in [4.78, 5) is 10.9. The van der Waals surface area contributed by atoms with E-state index in [2.05, 4.69) is 5.10 Å². The summed E-state index contributed by atoms with van der Waals surface area (Å²) in [7, 11) is 0. The fraction of sp³-hybridized carbons (Fsp3) is 0.167. The molecule has 0 radical (unpaired) electrons. The highest BCUT2D eigenvalue weighted by atomic mass is 19.3. The highest BCUT2D eigenvalue weighted by Gasteiger charge is 2.13. The lowest BCUT2D eigenvalue weighted by Crippen LogP contribution is -2.05. The second kappa shape index (κ2) is 4.95. The number of benzene rings is 1. The monoisotopic (exact) mass is 252 g/mol. The second-order valence-corrected chi connectivity index (χ2v) is 3.58. The average molecular weight is 252 g/mol. The maximum Gasteiger partial charge on any atom is 0.308 e. The van der Waals surface area contributed by atoms with Crippen molar-refractivity contribution < 1.29 is 18.3 Å². The van der Waals surface area contributed by atoms with Crippen molar-refractivity contribution in [2.45, 2.75) is 13.3 Å². The summed E-state index contributed by atoms with van der Waals surface area (Å²) in [5, 5.41) is 3.82. The van der Waals surface area contributed by atoms with Gasteiger partial charge in [-0.05, 0) is 12.1 Å². The summed E-state index contributed by atoms with van der Waals surface area (Å²) >= 11 is 0. The summed E-state index contributed by atoms with van der Waals surface area (Å²) in [6.45, 7) is 1.27. The molecule has 0 aliphatic heterocycles. The van der Waals surface area contributed by atoms with Crippen molar-refractivity contribution in [3.05, 3.63) is 42.2 Å². The summed E-state index contributed by atoms with van der Waals surface area (Å²) < 4.78 is 31.2. The molecule has 94 valence electrons. The van der Waals surface area contributed by atoms with Gasteiger partial charge >= 0.3 is 5.97 Å². The van der Waals surface area contributed by atoms with E-state index in [0.29, 0.717) is 5.69 Å². The third kappa shape index (κ3) is 2.53. The Balaban J connectivity index is 2.39. The van der Waals surface area contributed by atoms with E-state index in [1.165, 1.54) is 17.8 Å². The molecule has 0 amide bonds. The van der Waals surface area contributed by atoms with Crippen molar-refractivity contribution in [1.82, 2.24) is 9.78 Å². The van der Waals surface area contributed by atoms with Gasteiger partial charge in [-0.2, -0.15) is 5.10 Å². The van der Waals surface area contributed by atoms with E-state index in [1.807, 2.05) is 0 Å². The maximum atomic E-state index is 12.5. The summed E-state index contributed by atoms with van der Waals surface area (Å²) in [6.07, 6.45) is -0.304. The summed E-state index contributed by atoms with van der Waals surface area (Å²) in [5.74, 6) is -0.211. The highest BCUT2D eigenvalue weighted by molar-refractivity contribution is 5.70. The van der Waals surface area contributed by atoms with E-state index in [4.69, 9.17) is 4.74 Å². The van der Waals surface area contributed by atoms with Crippen LogP contribution in [0.15, 0.2) is 36.7 Å². The molecular formula is C12H10F2N2O2. The molecule has 6 heteroatoms. The van der Waals surface area contributed by atoms with Crippen LogP contribution in [0.4, 0.5) is 8.78 Å². The van der Waals surface area contributed by atoms with Gasteiger partial charge in [0.05, 0.1) is 11.8 Å². The number of ether oxygens (including phenoxy) is 1. The molecule has 0 N–H and O–H groups in total. The molecule has 2 aromatic rings. The maximum absolute atomic E-state index is 12.5. The van der Waals surface area contributed by atoms with Crippen molar-refractivity contribution in [3.8, 4) is 11.4 Å². The molecule has 0 bridgehead atoms. The van der Waals surface area contributed by atoms with E-state index in [0.717, 1.165) is 6.20 Å².